The number of benzene rings is 1. The Bertz CT molecular complexity index is 632. The summed E-state index contributed by atoms with van der Waals surface area (Å²) in [5.74, 6) is -1.09. The second-order valence-corrected chi connectivity index (χ2v) is 6.13. The average molecular weight is 322 g/mol. The first-order valence-corrected chi connectivity index (χ1v) is 7.44. The van der Waals surface area contributed by atoms with Crippen LogP contribution in [0.2, 0.25) is 5.02 Å². The van der Waals surface area contributed by atoms with E-state index >= 15 is 0 Å². The topological polar surface area (TPSA) is 118 Å². The lowest BCUT2D eigenvalue weighted by Crippen LogP contribution is -2.33. The average Bonchev–Trinajstić information content (AvgIpc) is 2.37. The van der Waals surface area contributed by atoms with Gasteiger partial charge in [0.1, 0.15) is 10.6 Å². The molecule has 0 heterocycles. The molecule has 8 nitrogen and oxygen atoms in total. The third kappa shape index (κ3) is 4.15. The van der Waals surface area contributed by atoms with Crippen LogP contribution < -0.4 is 10.0 Å². The van der Waals surface area contributed by atoms with Gasteiger partial charge in [-0.25, -0.2) is 13.1 Å². The van der Waals surface area contributed by atoms with Gasteiger partial charge in [-0.15, -0.1) is 0 Å². The highest BCUT2D eigenvalue weighted by molar-refractivity contribution is 7.89. The lowest BCUT2D eigenvalue weighted by Gasteiger charge is -2.06. The maximum Gasteiger partial charge on any atom is 0.300 e. The van der Waals surface area contributed by atoms with E-state index in [1.165, 1.54) is 25.2 Å². The molecule has 0 bridgehead atoms. The van der Waals surface area contributed by atoms with E-state index < -0.39 is 26.5 Å². The number of carbonyl (C=O) groups is 1. The minimum absolute atomic E-state index is 0.162. The quantitative estimate of drug-likeness (QED) is 0.585. The number of para-hydroxylation sites is 1. The Morgan fingerprint density at radius 2 is 2.10 bits per heavy atom. The monoisotopic (exact) mass is 321 g/mol. The number of rotatable bonds is 6. The van der Waals surface area contributed by atoms with Gasteiger partial charge < -0.3 is 5.32 Å². The standard InChI is InChI=1S/C10H12ClN3O5S/c1-12-20(18,19)6-5-13-10(15)7-3-2-4-8(11)9(7)14(16)17/h2-4,12H,5-6H2,1H3,(H,13,15). The van der Waals surface area contributed by atoms with E-state index in [1.807, 2.05) is 0 Å². The van der Waals surface area contributed by atoms with Crippen molar-refractivity contribution in [3.05, 3.63) is 38.9 Å². The van der Waals surface area contributed by atoms with E-state index in [1.54, 1.807) is 0 Å². The Morgan fingerprint density at radius 3 is 2.65 bits per heavy atom. The van der Waals surface area contributed by atoms with Crippen LogP contribution in [0.4, 0.5) is 5.69 Å². The number of nitro benzene ring substituents is 1. The van der Waals surface area contributed by atoms with E-state index in [4.69, 9.17) is 11.6 Å². The van der Waals surface area contributed by atoms with Gasteiger partial charge in [0.05, 0.1) is 10.7 Å². The van der Waals surface area contributed by atoms with Crippen molar-refractivity contribution >= 4 is 33.2 Å². The fourth-order valence-electron chi connectivity index (χ4n) is 1.38. The Hall–Kier alpha value is -1.71. The molecule has 1 rings (SSSR count). The van der Waals surface area contributed by atoms with Gasteiger partial charge in [-0.3, -0.25) is 14.9 Å². The zero-order chi connectivity index (χ0) is 15.3. The molecule has 0 aliphatic carbocycles. The fraction of sp³-hybridized carbons (Fsp3) is 0.300. The fourth-order valence-corrected chi connectivity index (χ4v) is 2.20. The van der Waals surface area contributed by atoms with Gasteiger partial charge in [-0.2, -0.15) is 0 Å². The van der Waals surface area contributed by atoms with Crippen LogP contribution >= 0.6 is 11.6 Å². The van der Waals surface area contributed by atoms with Gasteiger partial charge in [0, 0.05) is 6.54 Å². The summed E-state index contributed by atoms with van der Waals surface area (Å²) in [6, 6.07) is 3.93. The van der Waals surface area contributed by atoms with Crippen LogP contribution in [0.1, 0.15) is 10.4 Å². The van der Waals surface area contributed by atoms with Crippen molar-refractivity contribution in [2.45, 2.75) is 0 Å². The van der Waals surface area contributed by atoms with E-state index in [2.05, 4.69) is 10.0 Å². The molecule has 0 atom stereocenters. The van der Waals surface area contributed by atoms with Crippen molar-refractivity contribution < 1.29 is 18.1 Å². The zero-order valence-electron chi connectivity index (χ0n) is 10.4. The van der Waals surface area contributed by atoms with Gasteiger partial charge in [-0.1, -0.05) is 17.7 Å². The summed E-state index contributed by atoms with van der Waals surface area (Å²) in [6.07, 6.45) is 0. The maximum atomic E-state index is 11.8. The Kier molecular flexibility index (Phi) is 5.43. The summed E-state index contributed by atoms with van der Waals surface area (Å²) >= 11 is 5.67. The summed E-state index contributed by atoms with van der Waals surface area (Å²) in [5.41, 5.74) is -0.729. The van der Waals surface area contributed by atoms with Gasteiger partial charge in [0.25, 0.3) is 5.91 Å². The highest BCUT2D eigenvalue weighted by atomic mass is 35.5. The van der Waals surface area contributed by atoms with Crippen molar-refractivity contribution in [1.82, 2.24) is 10.0 Å². The Morgan fingerprint density at radius 1 is 1.45 bits per heavy atom. The number of nitrogens with one attached hydrogen (secondary N) is 2. The largest absolute Gasteiger partial charge is 0.351 e. The molecule has 0 unspecified atom stereocenters. The highest BCUT2D eigenvalue weighted by Crippen LogP contribution is 2.27. The SMILES string of the molecule is CNS(=O)(=O)CCNC(=O)c1cccc(Cl)c1[N+](=O)[O-]. The number of halogens is 1. The molecule has 0 aliphatic heterocycles. The number of nitrogens with zero attached hydrogens (tertiary/aromatic N) is 1. The van der Waals surface area contributed by atoms with Crippen LogP contribution in [-0.4, -0.2) is 38.6 Å². The number of hydrogen-bond acceptors (Lipinski definition) is 5. The Balaban J connectivity index is 2.84. The van der Waals surface area contributed by atoms with Crippen LogP contribution in [0.15, 0.2) is 18.2 Å². The number of nitro groups is 1. The lowest BCUT2D eigenvalue weighted by atomic mass is 10.1. The molecule has 2 N–H and O–H groups in total. The maximum absolute atomic E-state index is 11.8. The van der Waals surface area contributed by atoms with Crippen LogP contribution in [-0.2, 0) is 10.0 Å². The minimum Gasteiger partial charge on any atom is -0.351 e. The molecule has 10 heteroatoms. The third-order valence-electron chi connectivity index (χ3n) is 2.38. The summed E-state index contributed by atoms with van der Waals surface area (Å²) in [5, 5.41) is 13.0. The lowest BCUT2D eigenvalue weighted by molar-refractivity contribution is -0.385. The van der Waals surface area contributed by atoms with E-state index in [9.17, 15) is 23.3 Å². The first kappa shape index (κ1) is 16.3. The van der Waals surface area contributed by atoms with Crippen molar-refractivity contribution in [2.75, 3.05) is 19.3 Å². The first-order chi connectivity index (χ1) is 9.28. The van der Waals surface area contributed by atoms with E-state index in [0.717, 1.165) is 0 Å². The van der Waals surface area contributed by atoms with Gasteiger partial charge in [0.2, 0.25) is 10.0 Å². The number of amides is 1. The van der Waals surface area contributed by atoms with Crippen LogP contribution in [0.5, 0.6) is 0 Å². The summed E-state index contributed by atoms with van der Waals surface area (Å²) in [6.45, 7) is -0.175. The summed E-state index contributed by atoms with van der Waals surface area (Å²) in [7, 11) is -2.21. The number of hydrogen-bond donors (Lipinski definition) is 2. The summed E-state index contributed by atoms with van der Waals surface area (Å²) < 4.78 is 24.4. The molecule has 0 fully saturated rings. The highest BCUT2D eigenvalue weighted by Gasteiger charge is 2.23. The molecule has 20 heavy (non-hydrogen) atoms. The van der Waals surface area contributed by atoms with Gasteiger partial charge >= 0.3 is 5.69 Å². The smallest absolute Gasteiger partial charge is 0.300 e. The molecular formula is C10H12ClN3O5S. The second-order valence-electron chi connectivity index (χ2n) is 3.67. The first-order valence-electron chi connectivity index (χ1n) is 5.41. The van der Waals surface area contributed by atoms with Crippen LogP contribution in [0, 0.1) is 10.1 Å². The van der Waals surface area contributed by atoms with E-state index in [-0.39, 0.29) is 22.9 Å². The number of carbonyl (C=O) groups excluding carboxylic acids is 1. The third-order valence-corrected chi connectivity index (χ3v) is 4.05. The summed E-state index contributed by atoms with van der Waals surface area (Å²) in [4.78, 5) is 21.9. The molecule has 1 amide bonds. The van der Waals surface area contributed by atoms with Crippen LogP contribution in [0.3, 0.4) is 0 Å². The van der Waals surface area contributed by atoms with Gasteiger partial charge in [-0.05, 0) is 19.2 Å². The van der Waals surface area contributed by atoms with Gasteiger partial charge in [0.15, 0.2) is 0 Å². The molecule has 0 saturated heterocycles. The van der Waals surface area contributed by atoms with E-state index in [0.29, 0.717) is 0 Å². The van der Waals surface area contributed by atoms with Crippen molar-refractivity contribution in [3.63, 3.8) is 0 Å². The molecule has 1 aromatic rings. The molecule has 1 aromatic carbocycles. The van der Waals surface area contributed by atoms with Crippen molar-refractivity contribution in [2.24, 2.45) is 0 Å². The van der Waals surface area contributed by atoms with Crippen LogP contribution in [0.25, 0.3) is 0 Å². The van der Waals surface area contributed by atoms with Crippen molar-refractivity contribution in [1.29, 1.82) is 0 Å². The Labute approximate surface area is 120 Å². The molecule has 0 spiro atoms. The molecule has 0 saturated carbocycles. The molecular weight excluding hydrogens is 310 g/mol. The molecule has 0 aliphatic rings. The molecule has 0 aromatic heterocycles. The normalized spacial score (nSPS) is 11.1. The predicted octanol–water partition coefficient (Wildman–Crippen LogP) is 0.527. The number of sulfonamides is 1. The van der Waals surface area contributed by atoms with Crippen molar-refractivity contribution in [3.8, 4) is 0 Å². The molecule has 110 valence electrons. The molecule has 0 radical (unpaired) electrons. The minimum atomic E-state index is -3.46. The zero-order valence-corrected chi connectivity index (χ0v) is 12.0. The second kappa shape index (κ2) is 6.64. The predicted molar refractivity (Wildman–Crippen MR) is 73.3 cm³/mol.